The molecule has 25 heavy (non-hydrogen) atoms. The van der Waals surface area contributed by atoms with Crippen molar-refractivity contribution < 1.29 is 9.53 Å². The van der Waals surface area contributed by atoms with E-state index in [-0.39, 0.29) is 5.56 Å². The minimum absolute atomic E-state index is 0.218. The molecule has 1 aromatic carbocycles. The molecular weight excluding hydrogens is 404 g/mol. The number of ether oxygens (including phenoxy) is 1. The van der Waals surface area contributed by atoms with Crippen LogP contribution in [-0.2, 0) is 9.53 Å². The molecular formula is C18H17BrN2O3S. The van der Waals surface area contributed by atoms with Crippen LogP contribution in [0.3, 0.4) is 0 Å². The maximum atomic E-state index is 13.1. The molecule has 0 aliphatic heterocycles. The number of methoxy groups -OCH3 is 1. The summed E-state index contributed by atoms with van der Waals surface area (Å²) in [5.74, 6) is -0.442. The second-order valence-corrected chi connectivity index (χ2v) is 7.74. The topological polar surface area (TPSA) is 61.2 Å². The largest absolute Gasteiger partial charge is 0.467 e. The van der Waals surface area contributed by atoms with E-state index in [0.717, 1.165) is 20.5 Å². The highest BCUT2D eigenvalue weighted by atomic mass is 79.9. The van der Waals surface area contributed by atoms with Crippen LogP contribution in [0, 0.1) is 6.92 Å². The highest BCUT2D eigenvalue weighted by Crippen LogP contribution is 2.36. The van der Waals surface area contributed by atoms with E-state index >= 15 is 0 Å². The first-order valence-electron chi connectivity index (χ1n) is 7.82. The van der Waals surface area contributed by atoms with Crippen molar-refractivity contribution in [2.45, 2.75) is 26.3 Å². The summed E-state index contributed by atoms with van der Waals surface area (Å²) in [7, 11) is 1.32. The summed E-state index contributed by atoms with van der Waals surface area (Å²) in [5, 5.41) is 0.551. The molecule has 0 radical (unpaired) electrons. The van der Waals surface area contributed by atoms with Crippen molar-refractivity contribution in [3.8, 4) is 11.1 Å². The number of nitrogens with zero attached hydrogens (tertiary/aromatic N) is 2. The Balaban J connectivity index is 2.28. The first-order valence-corrected chi connectivity index (χ1v) is 9.42. The monoisotopic (exact) mass is 420 g/mol. The second-order valence-electron chi connectivity index (χ2n) is 5.62. The van der Waals surface area contributed by atoms with Crippen LogP contribution in [0.25, 0.3) is 21.3 Å². The van der Waals surface area contributed by atoms with Crippen molar-refractivity contribution >= 4 is 43.5 Å². The molecule has 0 N–H and O–H groups in total. The molecule has 0 saturated heterocycles. The zero-order valence-corrected chi connectivity index (χ0v) is 16.5. The van der Waals surface area contributed by atoms with Gasteiger partial charge in [-0.15, -0.1) is 11.3 Å². The number of fused-ring (bicyclic) bond motifs is 1. The molecule has 0 saturated carbocycles. The Morgan fingerprint density at radius 2 is 2.04 bits per heavy atom. The zero-order chi connectivity index (χ0) is 18.1. The summed E-state index contributed by atoms with van der Waals surface area (Å²) in [6, 6.07) is 7.14. The number of esters is 1. The van der Waals surface area contributed by atoms with Gasteiger partial charge in [-0.05, 0) is 31.0 Å². The zero-order valence-electron chi connectivity index (χ0n) is 14.1. The van der Waals surface area contributed by atoms with Crippen molar-refractivity contribution in [2.75, 3.05) is 7.11 Å². The fourth-order valence-electron chi connectivity index (χ4n) is 2.91. The van der Waals surface area contributed by atoms with Crippen molar-refractivity contribution in [3.63, 3.8) is 0 Å². The molecule has 7 heteroatoms. The molecule has 1 atom stereocenters. The Bertz CT molecular complexity index is 992. The summed E-state index contributed by atoms with van der Waals surface area (Å²) in [4.78, 5) is 31.3. The first kappa shape index (κ1) is 17.8. The molecule has 130 valence electrons. The fourth-order valence-corrected chi connectivity index (χ4v) is 4.18. The lowest BCUT2D eigenvalue weighted by Gasteiger charge is -2.15. The van der Waals surface area contributed by atoms with Crippen LogP contribution in [0.2, 0.25) is 0 Å². The quantitative estimate of drug-likeness (QED) is 0.589. The smallest absolute Gasteiger partial charge is 0.329 e. The Morgan fingerprint density at radius 1 is 1.36 bits per heavy atom. The van der Waals surface area contributed by atoms with Crippen LogP contribution in [0.5, 0.6) is 0 Å². The second kappa shape index (κ2) is 7.09. The van der Waals surface area contributed by atoms with Gasteiger partial charge in [0.1, 0.15) is 10.9 Å². The van der Waals surface area contributed by atoms with Crippen molar-refractivity contribution in [2.24, 2.45) is 0 Å². The van der Waals surface area contributed by atoms with Gasteiger partial charge < -0.3 is 4.74 Å². The number of thiophene rings is 1. The minimum Gasteiger partial charge on any atom is -0.467 e. The predicted molar refractivity (Wildman–Crippen MR) is 103 cm³/mol. The fraction of sp³-hybridized carbons (Fsp3) is 0.278. The normalized spacial score (nSPS) is 12.3. The van der Waals surface area contributed by atoms with Gasteiger partial charge in [0.25, 0.3) is 5.56 Å². The van der Waals surface area contributed by atoms with Crippen LogP contribution in [0.4, 0.5) is 0 Å². The lowest BCUT2D eigenvalue weighted by atomic mass is 10.0. The standard InChI is InChI=1S/C18H17BrN2O3S/c1-4-13(18(23)24-3)21-9-20-16-15(17(21)22)14(10(2)25-16)11-5-7-12(19)8-6-11/h5-9,13H,4H2,1-3H3. The van der Waals surface area contributed by atoms with Gasteiger partial charge in [0.2, 0.25) is 0 Å². The van der Waals surface area contributed by atoms with Gasteiger partial charge in [-0.25, -0.2) is 9.78 Å². The highest BCUT2D eigenvalue weighted by molar-refractivity contribution is 9.10. The lowest BCUT2D eigenvalue weighted by molar-refractivity contribution is -0.144. The Kier molecular flexibility index (Phi) is 5.06. The Labute approximate surface area is 157 Å². The average Bonchev–Trinajstić information content (AvgIpc) is 2.95. The summed E-state index contributed by atoms with van der Waals surface area (Å²) in [5.41, 5.74) is 1.61. The van der Waals surface area contributed by atoms with E-state index in [4.69, 9.17) is 4.74 Å². The van der Waals surface area contributed by atoms with Crippen LogP contribution < -0.4 is 5.56 Å². The Morgan fingerprint density at radius 3 is 2.64 bits per heavy atom. The molecule has 2 aromatic heterocycles. The molecule has 0 fully saturated rings. The molecule has 0 bridgehead atoms. The number of hydrogen-bond donors (Lipinski definition) is 0. The predicted octanol–water partition coefficient (Wildman–Crippen LogP) is 4.32. The molecule has 0 amide bonds. The lowest BCUT2D eigenvalue weighted by Crippen LogP contribution is -2.30. The Hall–Kier alpha value is -1.99. The molecule has 0 aliphatic carbocycles. The number of halogens is 1. The van der Waals surface area contributed by atoms with E-state index in [2.05, 4.69) is 20.9 Å². The first-order chi connectivity index (χ1) is 12.0. The van der Waals surface area contributed by atoms with Crippen molar-refractivity contribution in [3.05, 3.63) is 50.3 Å². The number of carbonyl (C=O) groups is 1. The van der Waals surface area contributed by atoms with Crippen molar-refractivity contribution in [1.29, 1.82) is 0 Å². The highest BCUT2D eigenvalue weighted by Gasteiger charge is 2.24. The van der Waals surface area contributed by atoms with Crippen LogP contribution in [0.15, 0.2) is 39.9 Å². The van der Waals surface area contributed by atoms with E-state index in [1.807, 2.05) is 38.1 Å². The maximum absolute atomic E-state index is 13.1. The summed E-state index contributed by atoms with van der Waals surface area (Å²) >= 11 is 4.91. The van der Waals surface area contributed by atoms with Crippen LogP contribution >= 0.6 is 27.3 Å². The van der Waals surface area contributed by atoms with Crippen LogP contribution in [-0.4, -0.2) is 22.6 Å². The third kappa shape index (κ3) is 3.14. The summed E-state index contributed by atoms with van der Waals surface area (Å²) in [6.07, 6.45) is 1.90. The number of hydrogen-bond acceptors (Lipinski definition) is 5. The molecule has 0 aliphatic rings. The summed E-state index contributed by atoms with van der Waals surface area (Å²) < 4.78 is 7.18. The van der Waals surface area contributed by atoms with Gasteiger partial charge in [0.15, 0.2) is 0 Å². The number of rotatable bonds is 4. The average molecular weight is 421 g/mol. The van der Waals surface area contributed by atoms with Gasteiger partial charge in [-0.3, -0.25) is 9.36 Å². The number of benzene rings is 1. The van der Waals surface area contributed by atoms with E-state index < -0.39 is 12.0 Å². The molecule has 3 aromatic rings. The molecule has 5 nitrogen and oxygen atoms in total. The van der Waals surface area contributed by atoms with E-state index in [9.17, 15) is 9.59 Å². The number of aryl methyl sites for hydroxylation is 1. The van der Waals surface area contributed by atoms with E-state index in [1.165, 1.54) is 29.3 Å². The van der Waals surface area contributed by atoms with E-state index in [1.54, 1.807) is 0 Å². The third-order valence-corrected chi connectivity index (χ3v) is 5.68. The minimum atomic E-state index is -0.674. The number of carbonyl (C=O) groups excluding carboxylic acids is 1. The van der Waals surface area contributed by atoms with Gasteiger partial charge in [-0.1, -0.05) is 35.0 Å². The SMILES string of the molecule is CCC(C(=O)OC)n1cnc2sc(C)c(-c3ccc(Br)cc3)c2c1=O. The maximum Gasteiger partial charge on any atom is 0.329 e. The van der Waals surface area contributed by atoms with Crippen LogP contribution in [0.1, 0.15) is 24.3 Å². The molecule has 3 rings (SSSR count). The molecule has 1 unspecified atom stereocenters. The van der Waals surface area contributed by atoms with E-state index in [0.29, 0.717) is 16.6 Å². The van der Waals surface area contributed by atoms with Gasteiger partial charge in [0.05, 0.1) is 18.8 Å². The third-order valence-electron chi connectivity index (χ3n) is 4.14. The van der Waals surface area contributed by atoms with Gasteiger partial charge in [0, 0.05) is 14.9 Å². The molecule has 2 heterocycles. The van der Waals surface area contributed by atoms with Crippen molar-refractivity contribution in [1.82, 2.24) is 9.55 Å². The summed E-state index contributed by atoms with van der Waals surface area (Å²) in [6.45, 7) is 3.82. The molecule has 0 spiro atoms. The van der Waals surface area contributed by atoms with Gasteiger partial charge in [-0.2, -0.15) is 0 Å². The van der Waals surface area contributed by atoms with Gasteiger partial charge >= 0.3 is 5.97 Å². The number of aromatic nitrogens is 2.